The first-order valence-corrected chi connectivity index (χ1v) is 14.5. The van der Waals surface area contributed by atoms with Crippen LogP contribution in [0.5, 0.6) is 5.75 Å². The number of aryl methyl sites for hydroxylation is 2. The number of carbonyl (C=O) groups excluding carboxylic acids is 1. The summed E-state index contributed by atoms with van der Waals surface area (Å²) >= 11 is 12.1. The summed E-state index contributed by atoms with van der Waals surface area (Å²) in [5.41, 5.74) is 10.8. The van der Waals surface area contributed by atoms with Gasteiger partial charge in [-0.25, -0.2) is 0 Å². The summed E-state index contributed by atoms with van der Waals surface area (Å²) in [7, 11) is 0. The van der Waals surface area contributed by atoms with E-state index in [9.17, 15) is 20.2 Å². The van der Waals surface area contributed by atoms with Crippen molar-refractivity contribution in [3.8, 4) is 11.8 Å². The molecule has 1 atom stereocenters. The third-order valence-corrected chi connectivity index (χ3v) is 8.49. The lowest BCUT2D eigenvalue weighted by atomic mass is 9.68. The minimum Gasteiger partial charge on any atom is -0.489 e. The van der Waals surface area contributed by atoms with Gasteiger partial charge in [0, 0.05) is 33.8 Å². The molecule has 2 aliphatic rings. The number of anilines is 1. The molecule has 220 valence electrons. The van der Waals surface area contributed by atoms with Crippen molar-refractivity contribution in [2.75, 3.05) is 4.90 Å². The Morgan fingerprint density at radius 1 is 1.07 bits per heavy atom. The summed E-state index contributed by atoms with van der Waals surface area (Å²) < 4.78 is 6.04. The predicted molar refractivity (Wildman–Crippen MR) is 167 cm³/mol. The third kappa shape index (κ3) is 5.71. The van der Waals surface area contributed by atoms with E-state index in [-0.39, 0.29) is 46.6 Å². The number of allylic oxidation sites excluding steroid dienone is 3. The number of nitro benzene ring substituents is 1. The van der Waals surface area contributed by atoms with Crippen molar-refractivity contribution in [2.24, 2.45) is 11.1 Å². The highest BCUT2D eigenvalue weighted by atomic mass is 35.5. The van der Waals surface area contributed by atoms with Crippen LogP contribution in [0.25, 0.3) is 0 Å². The van der Waals surface area contributed by atoms with Crippen LogP contribution in [0.1, 0.15) is 54.9 Å². The highest BCUT2D eigenvalue weighted by Crippen LogP contribution is 2.52. The zero-order valence-corrected chi connectivity index (χ0v) is 25.7. The van der Waals surface area contributed by atoms with Gasteiger partial charge in [0.1, 0.15) is 23.9 Å². The Hall–Kier alpha value is -4.32. The van der Waals surface area contributed by atoms with E-state index >= 15 is 0 Å². The normalized spacial score (nSPS) is 17.9. The molecule has 1 heterocycles. The molecule has 0 aromatic heterocycles. The van der Waals surface area contributed by atoms with Crippen LogP contribution in [0.4, 0.5) is 11.4 Å². The smallest absolute Gasteiger partial charge is 0.294 e. The summed E-state index contributed by atoms with van der Waals surface area (Å²) in [5.74, 6) is -0.181. The van der Waals surface area contributed by atoms with Gasteiger partial charge in [0.25, 0.3) is 5.69 Å². The minimum absolute atomic E-state index is 0.0427. The molecule has 8 nitrogen and oxygen atoms in total. The van der Waals surface area contributed by atoms with E-state index in [0.29, 0.717) is 28.5 Å². The van der Waals surface area contributed by atoms with Crippen LogP contribution in [-0.2, 0) is 11.4 Å². The Balaban J connectivity index is 1.70. The van der Waals surface area contributed by atoms with Crippen molar-refractivity contribution >= 4 is 40.4 Å². The number of benzene rings is 3. The van der Waals surface area contributed by atoms with Gasteiger partial charge < -0.3 is 10.5 Å². The zero-order chi connectivity index (χ0) is 31.2. The lowest BCUT2D eigenvalue weighted by Crippen LogP contribution is -2.42. The van der Waals surface area contributed by atoms with Crippen LogP contribution in [0, 0.1) is 40.7 Å². The maximum atomic E-state index is 14.0. The van der Waals surface area contributed by atoms with Gasteiger partial charge in [-0.15, -0.1) is 0 Å². The standard InChI is InChI=1S/C33H30Cl2N4O4/c1-18-11-19(2)24(12-20(18)17-43-23-8-5-21(34)6-9-23)30-25(16-36)32(37)38(26-10-7-22(35)13-27(26)39(41)42)28-14-33(3,4)15-29(40)31(28)30/h5-13,30H,14-15,17,37H2,1-4H3. The van der Waals surface area contributed by atoms with Gasteiger partial charge in [-0.2, -0.15) is 5.26 Å². The number of halogens is 2. The number of rotatable bonds is 6. The number of hydrogen-bond acceptors (Lipinski definition) is 7. The molecule has 1 unspecified atom stereocenters. The molecule has 0 amide bonds. The van der Waals surface area contributed by atoms with Gasteiger partial charge in [-0.1, -0.05) is 49.2 Å². The largest absolute Gasteiger partial charge is 0.489 e. The summed E-state index contributed by atoms with van der Waals surface area (Å²) in [4.78, 5) is 27.1. The van der Waals surface area contributed by atoms with Crippen LogP contribution in [0.2, 0.25) is 10.0 Å². The zero-order valence-electron chi connectivity index (χ0n) is 24.2. The fraction of sp³-hybridized carbons (Fsp3) is 0.273. The number of Topliss-reactive ketones (excluding diaryl/α,β-unsaturated/α-hetero) is 1. The Labute approximate surface area is 260 Å². The van der Waals surface area contributed by atoms with Crippen molar-refractivity contribution in [3.63, 3.8) is 0 Å². The summed E-state index contributed by atoms with van der Waals surface area (Å²) in [6, 6.07) is 17.6. The molecular weight excluding hydrogens is 587 g/mol. The molecule has 0 spiro atoms. The molecule has 2 N–H and O–H groups in total. The first-order chi connectivity index (χ1) is 20.3. The maximum Gasteiger partial charge on any atom is 0.294 e. The maximum absolute atomic E-state index is 14.0. The van der Waals surface area contributed by atoms with Gasteiger partial charge in [0.15, 0.2) is 5.78 Å². The van der Waals surface area contributed by atoms with Crippen LogP contribution < -0.4 is 15.4 Å². The Morgan fingerprint density at radius 3 is 2.40 bits per heavy atom. The van der Waals surface area contributed by atoms with E-state index in [1.54, 1.807) is 24.3 Å². The lowest BCUT2D eigenvalue weighted by molar-refractivity contribution is -0.384. The van der Waals surface area contributed by atoms with Gasteiger partial charge in [-0.3, -0.25) is 19.8 Å². The van der Waals surface area contributed by atoms with E-state index in [4.69, 9.17) is 33.7 Å². The summed E-state index contributed by atoms with van der Waals surface area (Å²) in [6.07, 6.45) is 0.677. The average molecular weight is 618 g/mol. The number of carbonyl (C=O) groups is 1. The number of ketones is 1. The van der Waals surface area contributed by atoms with Crippen molar-refractivity contribution in [1.29, 1.82) is 5.26 Å². The molecule has 0 fully saturated rings. The van der Waals surface area contributed by atoms with Gasteiger partial charge in [0.2, 0.25) is 0 Å². The fourth-order valence-electron chi connectivity index (χ4n) is 6.00. The second kappa shape index (κ2) is 11.4. The highest BCUT2D eigenvalue weighted by molar-refractivity contribution is 6.31. The van der Waals surface area contributed by atoms with Gasteiger partial charge in [-0.05, 0) is 84.3 Å². The Kier molecular flexibility index (Phi) is 7.99. The first kappa shape index (κ1) is 30.1. The highest BCUT2D eigenvalue weighted by Gasteiger charge is 2.46. The van der Waals surface area contributed by atoms with E-state index in [1.165, 1.54) is 23.1 Å². The molecule has 0 bridgehead atoms. The number of nitriles is 1. The van der Waals surface area contributed by atoms with E-state index in [1.807, 2.05) is 39.8 Å². The lowest BCUT2D eigenvalue weighted by Gasteiger charge is -2.43. The predicted octanol–water partition coefficient (Wildman–Crippen LogP) is 8.04. The van der Waals surface area contributed by atoms with Crippen molar-refractivity contribution in [3.05, 3.63) is 120 Å². The molecule has 0 radical (unpaired) electrons. The quantitative estimate of drug-likeness (QED) is 0.219. The topological polar surface area (TPSA) is 122 Å². The monoisotopic (exact) mass is 616 g/mol. The third-order valence-electron chi connectivity index (χ3n) is 8.00. The van der Waals surface area contributed by atoms with E-state index in [0.717, 1.165) is 22.3 Å². The molecule has 0 saturated heterocycles. The minimum atomic E-state index is -0.749. The number of nitrogens with zero attached hydrogens (tertiary/aromatic N) is 3. The van der Waals surface area contributed by atoms with Crippen LogP contribution in [0.15, 0.2) is 77.3 Å². The number of nitrogens with two attached hydrogens (primary N) is 1. The van der Waals surface area contributed by atoms with E-state index < -0.39 is 16.3 Å². The van der Waals surface area contributed by atoms with Gasteiger partial charge in [0.05, 0.1) is 22.5 Å². The van der Waals surface area contributed by atoms with Crippen molar-refractivity contribution < 1.29 is 14.5 Å². The Morgan fingerprint density at radius 2 is 1.74 bits per heavy atom. The molecule has 43 heavy (non-hydrogen) atoms. The molecule has 3 aromatic rings. The molecule has 0 saturated carbocycles. The number of nitro groups is 1. The Bertz CT molecular complexity index is 1770. The second-order valence-electron chi connectivity index (χ2n) is 11.7. The SMILES string of the molecule is Cc1cc(C)c(C2C(C#N)=C(N)N(c3ccc(Cl)cc3[N+](=O)[O-])C3=C2C(=O)CC(C)(C)C3)cc1COc1ccc(Cl)cc1. The second-order valence-corrected chi connectivity index (χ2v) is 12.6. The van der Waals surface area contributed by atoms with Gasteiger partial charge >= 0.3 is 0 Å². The summed E-state index contributed by atoms with van der Waals surface area (Å²) in [6.45, 7) is 8.12. The van der Waals surface area contributed by atoms with Crippen LogP contribution >= 0.6 is 23.2 Å². The fourth-order valence-corrected chi connectivity index (χ4v) is 6.29. The van der Waals surface area contributed by atoms with Crippen LogP contribution in [0.3, 0.4) is 0 Å². The first-order valence-electron chi connectivity index (χ1n) is 13.7. The molecule has 5 rings (SSSR count). The van der Waals surface area contributed by atoms with Crippen molar-refractivity contribution in [1.82, 2.24) is 0 Å². The average Bonchev–Trinajstić information content (AvgIpc) is 2.93. The molecule has 1 aliphatic carbocycles. The number of ether oxygens (including phenoxy) is 1. The van der Waals surface area contributed by atoms with Crippen LogP contribution in [-0.4, -0.2) is 10.7 Å². The number of hydrogen-bond donors (Lipinski definition) is 1. The summed E-state index contributed by atoms with van der Waals surface area (Å²) in [5, 5.41) is 23.4. The van der Waals surface area contributed by atoms with E-state index in [2.05, 4.69) is 6.07 Å². The molecular formula is C33H30Cl2N4O4. The molecule has 10 heteroatoms. The van der Waals surface area contributed by atoms with Crippen molar-refractivity contribution in [2.45, 2.75) is 53.1 Å². The molecule has 1 aliphatic heterocycles. The molecule has 3 aromatic carbocycles.